The molecule has 5 aliphatic carbocycles. The van der Waals surface area contributed by atoms with Gasteiger partial charge in [-0.1, -0.05) is 133 Å². The highest BCUT2D eigenvalue weighted by Gasteiger charge is 2.34. The van der Waals surface area contributed by atoms with Crippen molar-refractivity contribution in [3.63, 3.8) is 0 Å². The van der Waals surface area contributed by atoms with Crippen LogP contribution in [0.5, 0.6) is 0 Å². The van der Waals surface area contributed by atoms with Gasteiger partial charge in [-0.05, 0) is 374 Å². The molecule has 4 amide bonds. The van der Waals surface area contributed by atoms with E-state index in [1.807, 2.05) is 198 Å². The third-order valence-electron chi connectivity index (χ3n) is 26.9. The average Bonchev–Trinajstić information content (AvgIpc) is 1.40. The standard InChI is InChI=1S/C32H35N5O.C28H29ClN6O.C28H29FN6O.C27H34N6O/c1-21-14-30(37(36-21)29-9-5-6-23(15-29)19-33)32(38)35-28-17-26(24-12-13-24)16-27(18-28)31(34-20-22-10-11-22)25-7-3-2-4-8-25;2*1-18-12-26(35(34-18)23-6-2-4-20(13-23)15-30)28(36)33-25-14-21(9-10-24(25)29)27(32-16-19-7-8-19)22-5-3-11-31-17-22;1-19-14-25(33(31-19)24-9-4-6-21(15-24)17-28)27(34)30-23-8-5-7-22(16-23)26(29-18-20-10-11-20)32-12-2-3-13-32/h2-9,14-18,22,24,31,34H,10-13,19-20,33H2,1H3,(H,35,38);2*2-6,9-14,17,19,27,32H,7-8,15-16,30H2,1H3,(H,33,36);4-9,14-16,20,26,29H,2-3,10-13,17-18,28H2,1H3,(H,30,34). The van der Waals surface area contributed by atoms with Crippen molar-refractivity contribution in [3.8, 4) is 22.7 Å². The largest absolute Gasteiger partial charge is 0.326 e. The first-order valence-corrected chi connectivity index (χ1v) is 50.6. The number of nitrogens with zero attached hydrogens (tertiary/aromatic N) is 11. The fourth-order valence-electron chi connectivity index (χ4n) is 18.3. The molecule has 1 saturated heterocycles. The molecule has 9 aromatic carbocycles. The Labute approximate surface area is 845 Å². The van der Waals surface area contributed by atoms with E-state index in [0.29, 0.717) is 82.9 Å². The van der Waals surface area contributed by atoms with Gasteiger partial charge in [0, 0.05) is 62.3 Å². The summed E-state index contributed by atoms with van der Waals surface area (Å²) in [7, 11) is 0. The second kappa shape index (κ2) is 46.9. The zero-order valence-electron chi connectivity index (χ0n) is 81.9. The zero-order chi connectivity index (χ0) is 99.7. The van der Waals surface area contributed by atoms with Crippen LogP contribution < -0.4 is 65.5 Å². The molecule has 1 aliphatic heterocycles. The molecule has 0 radical (unpaired) electrons. The molecule has 0 spiro atoms. The van der Waals surface area contributed by atoms with E-state index < -0.39 is 11.7 Å². The number of anilines is 4. The second-order valence-corrected chi connectivity index (χ2v) is 39.2. The third-order valence-corrected chi connectivity index (χ3v) is 27.3. The van der Waals surface area contributed by atoms with E-state index in [1.54, 1.807) is 55.4 Å². The van der Waals surface area contributed by atoms with E-state index in [2.05, 4.69) is 145 Å². The highest BCUT2D eigenvalue weighted by atomic mass is 35.5. The Morgan fingerprint density at radius 1 is 0.354 bits per heavy atom. The number of aromatic nitrogens is 10. The monoisotopic (exact) mass is 1950 g/mol. The number of rotatable bonds is 37. The number of halogens is 2. The van der Waals surface area contributed by atoms with Crippen LogP contribution >= 0.6 is 11.6 Å². The van der Waals surface area contributed by atoms with Crippen LogP contribution in [0.15, 0.2) is 280 Å². The number of carbonyl (C=O) groups is 4. The molecular formula is C115H127ClFN23O4. The molecule has 27 nitrogen and oxygen atoms in total. The maximum absolute atomic E-state index is 14.9. The van der Waals surface area contributed by atoms with E-state index in [4.69, 9.17) is 34.5 Å². The van der Waals surface area contributed by atoms with Crippen molar-refractivity contribution in [1.29, 1.82) is 0 Å². The SMILES string of the molecule is Cc1cc(C(=O)Nc2cc(C(NCC3CC3)c3cccnc3)ccc2Cl)n(-c2cccc(CN)c2)n1.Cc1cc(C(=O)Nc2cc(C(NCC3CC3)c3cccnc3)ccc2F)n(-c2cccc(CN)c2)n1.Cc1cc(C(=O)Nc2cc(C3CC3)cc(C(NCC3CC3)c3ccccc3)c2)n(-c2cccc(CN)c2)n1.Cc1cc(C(=O)Nc2cccc(C(NCC3CC3)N3CCCC3)c2)n(-c2cccc(CN)c2)n1. The van der Waals surface area contributed by atoms with Crippen LogP contribution in [0.2, 0.25) is 5.02 Å². The van der Waals surface area contributed by atoms with Crippen molar-refractivity contribution in [2.75, 3.05) is 60.5 Å². The van der Waals surface area contributed by atoms with E-state index in [0.717, 1.165) is 147 Å². The smallest absolute Gasteiger partial charge is 0.274 e. The van der Waals surface area contributed by atoms with Crippen LogP contribution in [0.25, 0.3) is 22.7 Å². The number of amides is 4. The van der Waals surface area contributed by atoms with E-state index in [-0.39, 0.29) is 47.7 Å². The topological polar surface area (TPSA) is 369 Å². The van der Waals surface area contributed by atoms with Gasteiger partial charge in [-0.15, -0.1) is 0 Å². The maximum atomic E-state index is 14.9. The van der Waals surface area contributed by atoms with Crippen LogP contribution in [0.1, 0.15) is 239 Å². The molecular weight excluding hydrogens is 1820 g/mol. The van der Waals surface area contributed by atoms with Crippen molar-refractivity contribution >= 4 is 58.0 Å². The van der Waals surface area contributed by atoms with Crippen LogP contribution in [0.3, 0.4) is 0 Å². The number of hydrogen-bond donors (Lipinski definition) is 12. The molecule has 21 rings (SSSR count). The second-order valence-electron chi connectivity index (χ2n) is 38.7. The van der Waals surface area contributed by atoms with Gasteiger partial charge in [-0.2, -0.15) is 20.4 Å². The minimum Gasteiger partial charge on any atom is -0.326 e. The molecule has 15 aromatic rings. The lowest BCUT2D eigenvalue weighted by atomic mass is 9.95. The van der Waals surface area contributed by atoms with Gasteiger partial charge in [0.2, 0.25) is 0 Å². The quantitative estimate of drug-likeness (QED) is 0.0172. The summed E-state index contributed by atoms with van der Waals surface area (Å²) < 4.78 is 21.5. The molecule has 6 aliphatic rings. The minimum atomic E-state index is -0.507. The zero-order valence-corrected chi connectivity index (χ0v) is 82.7. The van der Waals surface area contributed by atoms with Gasteiger partial charge < -0.3 is 60.2 Å². The van der Waals surface area contributed by atoms with Gasteiger partial charge >= 0.3 is 0 Å². The number of aryl methyl sites for hydroxylation is 4. The van der Waals surface area contributed by atoms with Crippen LogP contribution in [-0.4, -0.2) is 117 Å². The van der Waals surface area contributed by atoms with Crippen molar-refractivity contribution in [1.82, 2.24) is 75.3 Å². The number of nitrogens with one attached hydrogen (secondary N) is 8. The number of carbonyl (C=O) groups excluding carboxylic acids is 4. The molecule has 7 heterocycles. The van der Waals surface area contributed by atoms with E-state index in [1.165, 1.54) is 105 Å². The first-order valence-electron chi connectivity index (χ1n) is 50.3. The fourth-order valence-corrected chi connectivity index (χ4v) is 18.5. The molecule has 0 bridgehead atoms. The van der Waals surface area contributed by atoms with E-state index >= 15 is 0 Å². The Morgan fingerprint density at radius 3 is 1.15 bits per heavy atom. The Balaban J connectivity index is 0.000000126. The first kappa shape index (κ1) is 100.0. The van der Waals surface area contributed by atoms with Crippen molar-refractivity contribution in [2.45, 2.75) is 161 Å². The van der Waals surface area contributed by atoms with Gasteiger partial charge in [-0.3, -0.25) is 39.4 Å². The van der Waals surface area contributed by atoms with Gasteiger partial charge in [0.15, 0.2) is 0 Å². The van der Waals surface area contributed by atoms with Gasteiger partial charge in [0.1, 0.15) is 28.6 Å². The van der Waals surface area contributed by atoms with Crippen LogP contribution in [-0.2, 0) is 26.2 Å². The van der Waals surface area contributed by atoms with Gasteiger partial charge in [-0.25, -0.2) is 23.1 Å². The van der Waals surface area contributed by atoms with Crippen LogP contribution in [0.4, 0.5) is 27.1 Å². The average molecular weight is 1950 g/mol. The normalized spacial score (nSPS) is 15.2. The highest BCUT2D eigenvalue weighted by Crippen LogP contribution is 2.44. The highest BCUT2D eigenvalue weighted by molar-refractivity contribution is 6.34. The van der Waals surface area contributed by atoms with E-state index in [9.17, 15) is 23.6 Å². The number of hydrogen-bond acceptors (Lipinski definition) is 19. The molecule has 4 unspecified atom stereocenters. The molecule has 5 saturated carbocycles. The van der Waals surface area contributed by atoms with Crippen molar-refractivity contribution < 1.29 is 23.6 Å². The molecule has 6 fully saturated rings. The fraction of sp³-hybridized carbons (Fsp3) is 0.304. The van der Waals surface area contributed by atoms with Crippen LogP contribution in [0, 0.1) is 57.2 Å². The predicted molar refractivity (Wildman–Crippen MR) is 566 cm³/mol. The van der Waals surface area contributed by atoms with Crippen molar-refractivity contribution in [3.05, 3.63) is 403 Å². The number of pyridine rings is 2. The Kier molecular flexibility index (Phi) is 32.6. The van der Waals surface area contributed by atoms with Crippen molar-refractivity contribution in [2.24, 2.45) is 46.6 Å². The molecule has 16 N–H and O–H groups in total. The Bertz CT molecular complexity index is 6750. The summed E-state index contributed by atoms with van der Waals surface area (Å²) in [6.07, 6.45) is 22.5. The number of nitrogens with two attached hydrogens (primary N) is 4. The summed E-state index contributed by atoms with van der Waals surface area (Å²) in [4.78, 5) is 64.8. The number of benzene rings is 9. The molecule has 144 heavy (non-hydrogen) atoms. The van der Waals surface area contributed by atoms with Gasteiger partial charge in [0.25, 0.3) is 23.6 Å². The summed E-state index contributed by atoms with van der Waals surface area (Å²) in [5.74, 6) is 1.93. The molecule has 740 valence electrons. The lowest BCUT2D eigenvalue weighted by molar-refractivity contribution is 0.101. The molecule has 4 atom stereocenters. The first-order chi connectivity index (χ1) is 70.2. The summed E-state index contributed by atoms with van der Waals surface area (Å²) in [6.45, 7) is 15.2. The predicted octanol–water partition coefficient (Wildman–Crippen LogP) is 19.4. The van der Waals surface area contributed by atoms with Gasteiger partial charge in [0.05, 0.1) is 86.2 Å². The minimum absolute atomic E-state index is 0.0565. The summed E-state index contributed by atoms with van der Waals surface area (Å²) in [6, 6.07) is 81.7. The lowest BCUT2D eigenvalue weighted by Crippen LogP contribution is -2.37. The third kappa shape index (κ3) is 26.3. The number of likely N-dealkylation sites (tertiary alicyclic amines) is 1. The molecule has 6 aromatic heterocycles. The summed E-state index contributed by atoms with van der Waals surface area (Å²) in [5.41, 5.74) is 46.1. The Hall–Kier alpha value is -14.1. The summed E-state index contributed by atoms with van der Waals surface area (Å²) >= 11 is 6.53. The maximum Gasteiger partial charge on any atom is 0.274 e. The summed E-state index contributed by atoms with van der Waals surface area (Å²) in [5, 5.41) is 45.6. The lowest BCUT2D eigenvalue weighted by Gasteiger charge is -2.29. The molecule has 29 heteroatoms. The Morgan fingerprint density at radius 2 is 0.729 bits per heavy atom.